The van der Waals surface area contributed by atoms with E-state index in [1.165, 1.54) is 9.13 Å². The standard InChI is InChI=1S/C17H12N.C10H9IN2.Ir/c1-3-7-14(8-4-1)16-11-12-17(18-13-16)15-9-5-2-6-10-15;1-12-6-7-13(8-12)10-4-2-9(11)3-5-10;/h1-9,11-13H;2-4,6-8H,1H3;/q-1;-2;+3. The number of pyridine rings is 1. The maximum atomic E-state index is 4.49. The van der Waals surface area contributed by atoms with Crippen LogP contribution in [0.2, 0.25) is 0 Å². The van der Waals surface area contributed by atoms with Crippen molar-refractivity contribution in [2.75, 3.05) is 11.9 Å². The minimum Gasteiger partial charge on any atom is -0.510 e. The van der Waals surface area contributed by atoms with Gasteiger partial charge in [0.2, 0.25) is 0 Å². The van der Waals surface area contributed by atoms with Crippen molar-refractivity contribution in [3.8, 4) is 22.4 Å². The van der Waals surface area contributed by atoms with Crippen LogP contribution in [0.25, 0.3) is 22.4 Å². The zero-order valence-corrected chi connectivity index (χ0v) is 22.0. The van der Waals surface area contributed by atoms with E-state index in [2.05, 4.69) is 70.0 Å². The molecule has 0 saturated heterocycles. The molecule has 1 aliphatic rings. The summed E-state index contributed by atoms with van der Waals surface area (Å²) in [6, 6.07) is 34.8. The van der Waals surface area contributed by atoms with Gasteiger partial charge < -0.3 is 14.8 Å². The fourth-order valence-corrected chi connectivity index (χ4v) is 3.39. The number of anilines is 1. The van der Waals surface area contributed by atoms with Crippen LogP contribution in [0, 0.1) is 22.4 Å². The smallest absolute Gasteiger partial charge is 0.510 e. The first-order chi connectivity index (χ1) is 15.2. The summed E-state index contributed by atoms with van der Waals surface area (Å²) in [6.07, 6.45) is 5.93. The van der Waals surface area contributed by atoms with E-state index in [-0.39, 0.29) is 20.1 Å². The zero-order valence-electron chi connectivity index (χ0n) is 17.4. The number of nitrogens with zero attached hydrogens (tertiary/aromatic N) is 3. The molecule has 5 rings (SSSR count). The molecule has 1 aliphatic heterocycles. The van der Waals surface area contributed by atoms with E-state index in [1.54, 1.807) is 0 Å². The minimum atomic E-state index is 0. The minimum absolute atomic E-state index is 0. The average molecular weight is 707 g/mol. The van der Waals surface area contributed by atoms with E-state index in [0.29, 0.717) is 0 Å². The van der Waals surface area contributed by atoms with Crippen molar-refractivity contribution in [2.45, 2.75) is 0 Å². The van der Waals surface area contributed by atoms with Gasteiger partial charge >= 0.3 is 20.1 Å². The van der Waals surface area contributed by atoms with Gasteiger partial charge in [0.05, 0.1) is 0 Å². The Labute approximate surface area is 217 Å². The van der Waals surface area contributed by atoms with Crippen LogP contribution in [0.15, 0.2) is 104 Å². The Morgan fingerprint density at radius 2 is 1.66 bits per heavy atom. The Morgan fingerprint density at radius 3 is 2.25 bits per heavy atom. The van der Waals surface area contributed by atoms with E-state index in [1.807, 2.05) is 96.7 Å². The molecule has 0 radical (unpaired) electrons. The molecule has 0 fully saturated rings. The van der Waals surface area contributed by atoms with Crippen molar-refractivity contribution < 1.29 is 20.1 Å². The van der Waals surface area contributed by atoms with Crippen molar-refractivity contribution in [1.82, 2.24) is 9.88 Å². The van der Waals surface area contributed by atoms with Gasteiger partial charge in [-0.25, -0.2) is 0 Å². The van der Waals surface area contributed by atoms with Gasteiger partial charge in [0, 0.05) is 6.20 Å². The third-order valence-corrected chi connectivity index (χ3v) is 5.33. The molecule has 0 atom stereocenters. The van der Waals surface area contributed by atoms with Gasteiger partial charge in [-0.15, -0.1) is 70.2 Å². The van der Waals surface area contributed by atoms with E-state index < -0.39 is 0 Å². The van der Waals surface area contributed by atoms with Crippen LogP contribution in [0.3, 0.4) is 0 Å². The molecule has 0 N–H and O–H groups in total. The van der Waals surface area contributed by atoms with Crippen LogP contribution < -0.4 is 4.90 Å². The maximum absolute atomic E-state index is 4.49. The first-order valence-corrected chi connectivity index (χ1v) is 11.0. The summed E-state index contributed by atoms with van der Waals surface area (Å²) < 4.78 is 1.21. The molecular formula is C27H21IIrN3. The number of hydrogen-bond acceptors (Lipinski definition) is 3. The van der Waals surface area contributed by atoms with Gasteiger partial charge in [-0.3, -0.25) is 0 Å². The van der Waals surface area contributed by atoms with Crippen molar-refractivity contribution >= 4 is 28.3 Å². The predicted molar refractivity (Wildman–Crippen MR) is 136 cm³/mol. The van der Waals surface area contributed by atoms with Crippen LogP contribution in [-0.4, -0.2) is 16.9 Å². The summed E-state index contributed by atoms with van der Waals surface area (Å²) in [4.78, 5) is 8.54. The number of aromatic nitrogens is 1. The Balaban J connectivity index is 0.000000184. The number of benzene rings is 3. The van der Waals surface area contributed by atoms with E-state index in [4.69, 9.17) is 0 Å². The fraction of sp³-hybridized carbons (Fsp3) is 0.0370. The summed E-state index contributed by atoms with van der Waals surface area (Å²) >= 11 is 2.28. The molecule has 0 bridgehead atoms. The van der Waals surface area contributed by atoms with E-state index in [9.17, 15) is 0 Å². The van der Waals surface area contributed by atoms with Crippen LogP contribution in [0.4, 0.5) is 5.69 Å². The van der Waals surface area contributed by atoms with Crippen molar-refractivity contribution in [2.24, 2.45) is 0 Å². The van der Waals surface area contributed by atoms with Crippen molar-refractivity contribution in [3.63, 3.8) is 0 Å². The predicted octanol–water partition coefficient (Wildman–Crippen LogP) is 6.65. The molecule has 0 amide bonds. The largest absolute Gasteiger partial charge is 3.00 e. The molecule has 2 heterocycles. The molecule has 3 aromatic carbocycles. The molecular weight excluding hydrogens is 685 g/mol. The molecule has 0 spiro atoms. The van der Waals surface area contributed by atoms with E-state index >= 15 is 0 Å². The second-order valence-corrected chi connectivity index (χ2v) is 8.20. The molecule has 5 heteroatoms. The summed E-state index contributed by atoms with van der Waals surface area (Å²) in [5.74, 6) is 0. The summed E-state index contributed by atoms with van der Waals surface area (Å²) in [6.45, 7) is 2.01. The first kappa shape index (κ1) is 24.2. The number of halogens is 1. The SMILES string of the molecule is CN1C=CN(c2[c-]cc(I)cc2)[CH-]1.[Ir+3].[c-]1ccccc1-c1ccc(-c2ccccc2)cn1. The molecule has 160 valence electrons. The van der Waals surface area contributed by atoms with E-state index in [0.717, 1.165) is 22.5 Å². The first-order valence-electron chi connectivity index (χ1n) is 9.88. The maximum Gasteiger partial charge on any atom is 3.00 e. The topological polar surface area (TPSA) is 19.4 Å². The number of rotatable bonds is 3. The van der Waals surface area contributed by atoms with Crippen LogP contribution in [0.1, 0.15) is 0 Å². The summed E-state index contributed by atoms with van der Waals surface area (Å²) in [7, 11) is 2.00. The van der Waals surface area contributed by atoms with Gasteiger partial charge in [-0.2, -0.15) is 24.9 Å². The molecule has 1 aromatic heterocycles. The second-order valence-electron chi connectivity index (χ2n) is 6.95. The third-order valence-electron chi connectivity index (χ3n) is 4.66. The third kappa shape index (κ3) is 6.52. The average Bonchev–Trinajstić information content (AvgIpc) is 3.27. The number of hydrogen-bond donors (Lipinski definition) is 0. The van der Waals surface area contributed by atoms with Gasteiger partial charge in [0.15, 0.2) is 0 Å². The Kier molecular flexibility index (Phi) is 9.03. The molecule has 0 unspecified atom stereocenters. The zero-order chi connectivity index (χ0) is 21.5. The van der Waals surface area contributed by atoms with Gasteiger partial charge in [-0.05, 0) is 36.3 Å². The van der Waals surface area contributed by atoms with Crippen molar-refractivity contribution in [3.05, 3.63) is 126 Å². The Morgan fingerprint density at radius 1 is 0.844 bits per heavy atom. The van der Waals surface area contributed by atoms with Gasteiger partial charge in [0.1, 0.15) is 0 Å². The van der Waals surface area contributed by atoms with Crippen molar-refractivity contribution in [1.29, 1.82) is 0 Å². The molecule has 0 saturated carbocycles. The molecule has 0 aliphatic carbocycles. The Hall–Kier alpha value is -2.47. The Bertz CT molecular complexity index is 1060. The second kappa shape index (κ2) is 12.0. The van der Waals surface area contributed by atoms with Crippen LogP contribution >= 0.6 is 22.6 Å². The summed E-state index contributed by atoms with van der Waals surface area (Å²) in [5, 5.41) is 0. The monoisotopic (exact) mass is 707 g/mol. The van der Waals surface area contributed by atoms with Gasteiger partial charge in [0.25, 0.3) is 0 Å². The van der Waals surface area contributed by atoms with Crippen LogP contribution in [0.5, 0.6) is 0 Å². The van der Waals surface area contributed by atoms with Crippen LogP contribution in [-0.2, 0) is 20.1 Å². The molecule has 32 heavy (non-hydrogen) atoms. The quantitative estimate of drug-likeness (QED) is 0.176. The fourth-order valence-electron chi connectivity index (χ4n) is 3.06. The molecule has 3 nitrogen and oxygen atoms in total. The van der Waals surface area contributed by atoms with Gasteiger partial charge in [-0.1, -0.05) is 46.0 Å². The normalized spacial score (nSPS) is 12.1. The summed E-state index contributed by atoms with van der Waals surface area (Å²) in [5.41, 5.74) is 5.37. The molecule has 4 aromatic rings.